The Morgan fingerprint density at radius 2 is 1.79 bits per heavy atom. The Hall–Kier alpha value is -2.79. The quantitative estimate of drug-likeness (QED) is 0.675. The fourth-order valence-corrected chi connectivity index (χ4v) is 4.25. The first-order valence-electron chi connectivity index (χ1n) is 10.5. The van der Waals surface area contributed by atoms with Crippen molar-refractivity contribution in [1.29, 1.82) is 0 Å². The van der Waals surface area contributed by atoms with Gasteiger partial charge >= 0.3 is 0 Å². The van der Waals surface area contributed by atoms with Crippen molar-refractivity contribution < 1.29 is 9.47 Å². The molecule has 1 atom stereocenters. The number of benzene rings is 2. The summed E-state index contributed by atoms with van der Waals surface area (Å²) in [5.41, 5.74) is 3.58. The lowest BCUT2D eigenvalue weighted by Crippen LogP contribution is -2.24. The summed E-state index contributed by atoms with van der Waals surface area (Å²) in [7, 11) is 0. The summed E-state index contributed by atoms with van der Waals surface area (Å²) in [5, 5.41) is 4.76. The molecule has 1 aromatic heterocycles. The molecule has 150 valence electrons. The first-order chi connectivity index (χ1) is 14.3. The van der Waals surface area contributed by atoms with Crippen molar-refractivity contribution in [2.45, 2.75) is 32.2 Å². The van der Waals surface area contributed by atoms with Gasteiger partial charge in [-0.1, -0.05) is 37.3 Å². The Morgan fingerprint density at radius 3 is 2.59 bits per heavy atom. The minimum absolute atomic E-state index is 0.288. The van der Waals surface area contributed by atoms with E-state index in [1.54, 1.807) is 0 Å². The van der Waals surface area contributed by atoms with Crippen LogP contribution in [0.1, 0.15) is 36.8 Å². The van der Waals surface area contributed by atoms with E-state index in [0.29, 0.717) is 5.92 Å². The van der Waals surface area contributed by atoms with E-state index in [2.05, 4.69) is 59.6 Å². The summed E-state index contributed by atoms with van der Waals surface area (Å²) < 4.78 is 11.1. The molecule has 2 aromatic carbocycles. The van der Waals surface area contributed by atoms with Crippen LogP contribution < -0.4 is 19.7 Å². The Labute approximate surface area is 171 Å². The first kappa shape index (κ1) is 18.3. The van der Waals surface area contributed by atoms with Crippen LogP contribution in [0.3, 0.4) is 0 Å². The number of pyridine rings is 1. The van der Waals surface area contributed by atoms with Crippen LogP contribution in [0.4, 0.5) is 5.82 Å². The molecule has 1 saturated heterocycles. The van der Waals surface area contributed by atoms with E-state index in [0.717, 1.165) is 54.4 Å². The molecule has 2 aliphatic rings. The summed E-state index contributed by atoms with van der Waals surface area (Å²) >= 11 is 0. The average Bonchev–Trinajstić information content (AvgIpc) is 3.44. The molecule has 3 aromatic rings. The standard InChI is InChI=1S/C24H27N3O2/c1-17(18-7-3-2-4-8-18)14-25-15-20-11-19-12-22-23(29-16-28-22)13-21(19)26-24(20)27-9-5-6-10-27/h2-4,7-8,11-13,17,25H,5-6,9-10,14-16H2,1H3/t17-/m1/s1. The number of fused-ring (bicyclic) bond motifs is 2. The van der Waals surface area contributed by atoms with E-state index in [1.807, 2.05) is 6.07 Å². The zero-order valence-electron chi connectivity index (χ0n) is 16.9. The number of anilines is 1. The highest BCUT2D eigenvalue weighted by molar-refractivity contribution is 5.85. The van der Waals surface area contributed by atoms with Gasteiger partial charge in [0, 0.05) is 43.2 Å². The Kier molecular flexibility index (Phi) is 4.98. The molecule has 1 N–H and O–H groups in total. The maximum absolute atomic E-state index is 5.56. The molecule has 2 aliphatic heterocycles. The van der Waals surface area contributed by atoms with Crippen LogP contribution in [-0.4, -0.2) is 31.4 Å². The summed E-state index contributed by atoms with van der Waals surface area (Å²) in [6.07, 6.45) is 2.47. The van der Waals surface area contributed by atoms with E-state index in [1.165, 1.54) is 24.0 Å². The Balaban J connectivity index is 1.40. The number of ether oxygens (including phenoxy) is 2. The maximum atomic E-state index is 5.56. The van der Waals surface area contributed by atoms with Gasteiger partial charge in [0.15, 0.2) is 11.5 Å². The Morgan fingerprint density at radius 1 is 1.03 bits per heavy atom. The molecule has 29 heavy (non-hydrogen) atoms. The molecule has 0 unspecified atom stereocenters. The predicted molar refractivity (Wildman–Crippen MR) is 116 cm³/mol. The largest absolute Gasteiger partial charge is 0.454 e. The molecule has 5 heteroatoms. The van der Waals surface area contributed by atoms with Crippen molar-refractivity contribution in [3.8, 4) is 11.5 Å². The third-order valence-corrected chi connectivity index (χ3v) is 5.91. The van der Waals surface area contributed by atoms with Gasteiger partial charge in [0.1, 0.15) is 5.82 Å². The van der Waals surface area contributed by atoms with Crippen LogP contribution in [0.25, 0.3) is 10.9 Å². The molecule has 0 bridgehead atoms. The average molecular weight is 389 g/mol. The molecule has 3 heterocycles. The number of aromatic nitrogens is 1. The highest BCUT2D eigenvalue weighted by Gasteiger charge is 2.21. The molecule has 0 saturated carbocycles. The van der Waals surface area contributed by atoms with Crippen LogP contribution in [0.5, 0.6) is 11.5 Å². The summed E-state index contributed by atoms with van der Waals surface area (Å²) in [6, 6.07) is 17.0. The second-order valence-electron chi connectivity index (χ2n) is 8.01. The zero-order chi connectivity index (χ0) is 19.6. The fraction of sp³-hybridized carbons (Fsp3) is 0.375. The molecule has 1 fully saturated rings. The van der Waals surface area contributed by atoms with Crippen molar-refractivity contribution in [2.24, 2.45) is 0 Å². The molecule has 5 nitrogen and oxygen atoms in total. The molecular weight excluding hydrogens is 362 g/mol. The number of nitrogens with one attached hydrogen (secondary N) is 1. The molecule has 0 spiro atoms. The van der Waals surface area contributed by atoms with Gasteiger partial charge in [-0.25, -0.2) is 4.98 Å². The van der Waals surface area contributed by atoms with Gasteiger partial charge in [0.2, 0.25) is 6.79 Å². The van der Waals surface area contributed by atoms with Gasteiger partial charge in [0.25, 0.3) is 0 Å². The Bertz CT molecular complexity index is 1000. The molecule has 0 aliphatic carbocycles. The SMILES string of the molecule is C[C@H](CNCc1cc2cc3c(cc2nc1N1CCCC1)OCO3)c1ccccc1. The normalized spacial score (nSPS) is 16.5. The lowest BCUT2D eigenvalue weighted by Gasteiger charge is -2.22. The van der Waals surface area contributed by atoms with Crippen molar-refractivity contribution in [3.05, 3.63) is 59.7 Å². The second-order valence-corrected chi connectivity index (χ2v) is 8.01. The van der Waals surface area contributed by atoms with Crippen molar-refractivity contribution in [2.75, 3.05) is 31.3 Å². The van der Waals surface area contributed by atoms with Gasteiger partial charge in [-0.15, -0.1) is 0 Å². The number of rotatable bonds is 6. The van der Waals surface area contributed by atoms with Gasteiger partial charge in [-0.2, -0.15) is 0 Å². The smallest absolute Gasteiger partial charge is 0.231 e. The van der Waals surface area contributed by atoms with Gasteiger partial charge < -0.3 is 19.7 Å². The van der Waals surface area contributed by atoms with E-state index < -0.39 is 0 Å². The molecular formula is C24H27N3O2. The minimum Gasteiger partial charge on any atom is -0.454 e. The molecule has 5 rings (SSSR count). The second kappa shape index (κ2) is 7.91. The van der Waals surface area contributed by atoms with Crippen molar-refractivity contribution >= 4 is 16.7 Å². The van der Waals surface area contributed by atoms with E-state index in [4.69, 9.17) is 14.5 Å². The van der Waals surface area contributed by atoms with E-state index in [-0.39, 0.29) is 6.79 Å². The van der Waals surface area contributed by atoms with Crippen LogP contribution in [-0.2, 0) is 6.54 Å². The van der Waals surface area contributed by atoms with Gasteiger partial charge in [-0.3, -0.25) is 0 Å². The van der Waals surface area contributed by atoms with Crippen molar-refractivity contribution in [1.82, 2.24) is 10.3 Å². The summed E-state index contributed by atoms with van der Waals surface area (Å²) in [5.74, 6) is 3.17. The topological polar surface area (TPSA) is 46.6 Å². The highest BCUT2D eigenvalue weighted by atomic mass is 16.7. The van der Waals surface area contributed by atoms with Crippen LogP contribution in [0.2, 0.25) is 0 Å². The predicted octanol–water partition coefficient (Wildman–Crippen LogP) is 4.46. The fourth-order valence-electron chi connectivity index (χ4n) is 4.25. The minimum atomic E-state index is 0.288. The third-order valence-electron chi connectivity index (χ3n) is 5.91. The van der Waals surface area contributed by atoms with E-state index in [9.17, 15) is 0 Å². The lowest BCUT2D eigenvalue weighted by molar-refractivity contribution is 0.174. The first-order valence-corrected chi connectivity index (χ1v) is 10.5. The number of hydrogen-bond acceptors (Lipinski definition) is 5. The monoisotopic (exact) mass is 389 g/mol. The van der Waals surface area contributed by atoms with Gasteiger partial charge in [0.05, 0.1) is 5.52 Å². The van der Waals surface area contributed by atoms with Crippen LogP contribution >= 0.6 is 0 Å². The highest BCUT2D eigenvalue weighted by Crippen LogP contribution is 2.37. The van der Waals surface area contributed by atoms with Crippen LogP contribution in [0.15, 0.2) is 48.5 Å². The van der Waals surface area contributed by atoms with Crippen LogP contribution in [0, 0.1) is 0 Å². The van der Waals surface area contributed by atoms with E-state index >= 15 is 0 Å². The van der Waals surface area contributed by atoms with Crippen molar-refractivity contribution in [3.63, 3.8) is 0 Å². The molecule has 0 amide bonds. The summed E-state index contributed by atoms with van der Waals surface area (Å²) in [6.45, 7) is 6.45. The number of hydrogen-bond donors (Lipinski definition) is 1. The number of nitrogens with zero attached hydrogens (tertiary/aromatic N) is 2. The zero-order valence-corrected chi connectivity index (χ0v) is 16.9. The lowest BCUT2D eigenvalue weighted by atomic mass is 10.0. The maximum Gasteiger partial charge on any atom is 0.231 e. The van der Waals surface area contributed by atoms with Gasteiger partial charge in [-0.05, 0) is 36.5 Å². The third kappa shape index (κ3) is 3.75. The molecule has 0 radical (unpaired) electrons. The summed E-state index contributed by atoms with van der Waals surface area (Å²) in [4.78, 5) is 7.46.